The second-order valence-corrected chi connectivity index (χ2v) is 6.02. The minimum atomic E-state index is -0.123. The van der Waals surface area contributed by atoms with E-state index in [0.29, 0.717) is 31.1 Å². The van der Waals surface area contributed by atoms with Crippen LogP contribution in [0.25, 0.3) is 0 Å². The second-order valence-electron chi connectivity index (χ2n) is 6.02. The zero-order valence-electron chi connectivity index (χ0n) is 15.9. The number of carbonyl (C=O) groups excluding carboxylic acids is 2. The van der Waals surface area contributed by atoms with Gasteiger partial charge in [0, 0.05) is 45.4 Å². The Morgan fingerprint density at radius 1 is 1.11 bits per heavy atom. The van der Waals surface area contributed by atoms with E-state index in [9.17, 15) is 9.59 Å². The lowest BCUT2D eigenvalue weighted by atomic mass is 10.2. The molecule has 1 aromatic carbocycles. The number of benzene rings is 1. The zero-order valence-corrected chi connectivity index (χ0v) is 15.9. The highest BCUT2D eigenvalue weighted by molar-refractivity contribution is 5.78. The van der Waals surface area contributed by atoms with Crippen molar-refractivity contribution in [1.29, 1.82) is 0 Å². The molecule has 2 aromatic rings. The lowest BCUT2D eigenvalue weighted by Gasteiger charge is -2.20. The third-order valence-corrected chi connectivity index (χ3v) is 4.09. The average Bonchev–Trinajstić information content (AvgIpc) is 2.69. The number of hydrogen-bond acceptors (Lipinski definition) is 5. The fraction of sp³-hybridized carbons (Fsp3) is 0.350. The van der Waals surface area contributed by atoms with Crippen LogP contribution in [0.3, 0.4) is 0 Å². The van der Waals surface area contributed by atoms with E-state index >= 15 is 0 Å². The first kappa shape index (κ1) is 20.2. The van der Waals surface area contributed by atoms with Crippen LogP contribution in [0.5, 0.6) is 11.5 Å². The Labute approximate surface area is 159 Å². The zero-order chi connectivity index (χ0) is 19.6. The molecule has 7 nitrogen and oxygen atoms in total. The fourth-order valence-corrected chi connectivity index (χ4v) is 2.58. The number of pyridine rings is 1. The summed E-state index contributed by atoms with van der Waals surface area (Å²) in [6, 6.07) is 9.21. The summed E-state index contributed by atoms with van der Waals surface area (Å²) in [4.78, 5) is 29.7. The molecule has 0 spiro atoms. The van der Waals surface area contributed by atoms with Gasteiger partial charge in [-0.2, -0.15) is 0 Å². The molecule has 0 unspecified atom stereocenters. The molecule has 0 aliphatic carbocycles. The van der Waals surface area contributed by atoms with Crippen LogP contribution in [-0.4, -0.2) is 42.5 Å². The summed E-state index contributed by atoms with van der Waals surface area (Å²) in [6.45, 7) is 2.66. The van der Waals surface area contributed by atoms with Gasteiger partial charge in [-0.25, -0.2) is 0 Å². The lowest BCUT2D eigenvalue weighted by molar-refractivity contribution is -0.130. The van der Waals surface area contributed by atoms with Gasteiger partial charge in [0.15, 0.2) is 11.5 Å². The van der Waals surface area contributed by atoms with E-state index in [1.807, 2.05) is 24.3 Å². The predicted molar refractivity (Wildman–Crippen MR) is 101 cm³/mol. The molecular formula is C20H25N3O4. The van der Waals surface area contributed by atoms with Gasteiger partial charge in [-0.15, -0.1) is 0 Å². The van der Waals surface area contributed by atoms with Crippen molar-refractivity contribution < 1.29 is 19.1 Å². The lowest BCUT2D eigenvalue weighted by Crippen LogP contribution is -2.33. The first-order valence-electron chi connectivity index (χ1n) is 8.65. The summed E-state index contributed by atoms with van der Waals surface area (Å²) in [7, 11) is 3.14. The highest BCUT2D eigenvalue weighted by Gasteiger charge is 2.12. The molecule has 0 bridgehead atoms. The SMILES string of the molecule is COc1ccc(CNC(=O)CCN(Cc2cccnc2)C(C)=O)cc1OC. The Hall–Kier alpha value is -3.09. The molecule has 0 aliphatic rings. The molecule has 0 radical (unpaired) electrons. The fourth-order valence-electron chi connectivity index (χ4n) is 2.58. The van der Waals surface area contributed by atoms with Crippen molar-refractivity contribution in [2.24, 2.45) is 0 Å². The van der Waals surface area contributed by atoms with Gasteiger partial charge in [-0.05, 0) is 29.3 Å². The van der Waals surface area contributed by atoms with Crippen molar-refractivity contribution in [2.45, 2.75) is 26.4 Å². The number of hydrogen-bond donors (Lipinski definition) is 1. The van der Waals surface area contributed by atoms with Crippen molar-refractivity contribution in [3.05, 3.63) is 53.9 Å². The van der Waals surface area contributed by atoms with Crippen molar-refractivity contribution in [2.75, 3.05) is 20.8 Å². The number of carbonyl (C=O) groups is 2. The van der Waals surface area contributed by atoms with E-state index in [2.05, 4.69) is 10.3 Å². The van der Waals surface area contributed by atoms with Crippen molar-refractivity contribution >= 4 is 11.8 Å². The molecule has 1 N–H and O–H groups in total. The van der Waals surface area contributed by atoms with Crippen molar-refractivity contribution in [3.63, 3.8) is 0 Å². The molecule has 144 valence electrons. The largest absolute Gasteiger partial charge is 0.493 e. The molecule has 2 amide bonds. The van der Waals surface area contributed by atoms with Gasteiger partial charge in [-0.1, -0.05) is 12.1 Å². The van der Waals surface area contributed by atoms with E-state index in [-0.39, 0.29) is 18.2 Å². The summed E-state index contributed by atoms with van der Waals surface area (Å²) < 4.78 is 10.5. The first-order valence-corrected chi connectivity index (χ1v) is 8.65. The summed E-state index contributed by atoms with van der Waals surface area (Å²) >= 11 is 0. The molecule has 27 heavy (non-hydrogen) atoms. The van der Waals surface area contributed by atoms with E-state index < -0.39 is 0 Å². The minimum absolute atomic E-state index is 0.0773. The summed E-state index contributed by atoms with van der Waals surface area (Å²) in [5.41, 5.74) is 1.83. The van der Waals surface area contributed by atoms with Crippen molar-refractivity contribution in [1.82, 2.24) is 15.2 Å². The van der Waals surface area contributed by atoms with Crippen LogP contribution >= 0.6 is 0 Å². The molecule has 1 aromatic heterocycles. The average molecular weight is 371 g/mol. The Bertz CT molecular complexity index is 765. The molecular weight excluding hydrogens is 346 g/mol. The maximum Gasteiger partial charge on any atom is 0.222 e. The number of nitrogens with zero attached hydrogens (tertiary/aromatic N) is 2. The molecule has 1 heterocycles. The van der Waals surface area contributed by atoms with Gasteiger partial charge >= 0.3 is 0 Å². The van der Waals surface area contributed by atoms with Crippen LogP contribution in [0.4, 0.5) is 0 Å². The topological polar surface area (TPSA) is 80.8 Å². The quantitative estimate of drug-likeness (QED) is 0.731. The third kappa shape index (κ3) is 6.29. The van der Waals surface area contributed by atoms with Crippen molar-refractivity contribution in [3.8, 4) is 11.5 Å². The standard InChI is InChI=1S/C20H25N3O4/c1-15(24)23(14-17-5-4-9-21-12-17)10-8-20(25)22-13-16-6-7-18(26-2)19(11-16)27-3/h4-7,9,11-12H,8,10,13-14H2,1-3H3,(H,22,25). The number of aromatic nitrogens is 1. The molecule has 0 atom stereocenters. The Morgan fingerprint density at radius 3 is 2.52 bits per heavy atom. The maximum atomic E-state index is 12.2. The van der Waals surface area contributed by atoms with Gasteiger partial charge in [0.1, 0.15) is 0 Å². The van der Waals surface area contributed by atoms with E-state index in [0.717, 1.165) is 11.1 Å². The van der Waals surface area contributed by atoms with Gasteiger partial charge in [-0.3, -0.25) is 14.6 Å². The maximum absolute atomic E-state index is 12.2. The van der Waals surface area contributed by atoms with Crippen LogP contribution in [0.1, 0.15) is 24.5 Å². The number of methoxy groups -OCH3 is 2. The first-order chi connectivity index (χ1) is 13.0. The summed E-state index contributed by atoms with van der Waals surface area (Å²) in [5.74, 6) is 1.05. The van der Waals surface area contributed by atoms with Gasteiger partial charge in [0.25, 0.3) is 0 Å². The third-order valence-electron chi connectivity index (χ3n) is 4.09. The normalized spacial score (nSPS) is 10.2. The molecule has 0 saturated heterocycles. The van der Waals surface area contributed by atoms with E-state index in [4.69, 9.17) is 9.47 Å². The smallest absolute Gasteiger partial charge is 0.222 e. The van der Waals surface area contributed by atoms with Crippen LogP contribution in [0, 0.1) is 0 Å². The van der Waals surface area contributed by atoms with E-state index in [1.165, 1.54) is 6.92 Å². The van der Waals surface area contributed by atoms with Crippen LogP contribution in [0.2, 0.25) is 0 Å². The number of amides is 2. The van der Waals surface area contributed by atoms with Crippen LogP contribution in [-0.2, 0) is 22.7 Å². The highest BCUT2D eigenvalue weighted by Crippen LogP contribution is 2.27. The summed E-state index contributed by atoms with van der Waals surface area (Å²) in [6.07, 6.45) is 3.63. The Morgan fingerprint density at radius 2 is 1.89 bits per heavy atom. The van der Waals surface area contributed by atoms with Crippen LogP contribution < -0.4 is 14.8 Å². The predicted octanol–water partition coefficient (Wildman–Crippen LogP) is 2.15. The Balaban J connectivity index is 1.84. The number of rotatable bonds is 9. The molecule has 7 heteroatoms. The molecule has 0 saturated carbocycles. The van der Waals surface area contributed by atoms with Gasteiger partial charge in [0.2, 0.25) is 11.8 Å². The number of nitrogens with one attached hydrogen (secondary N) is 1. The molecule has 2 rings (SSSR count). The highest BCUT2D eigenvalue weighted by atomic mass is 16.5. The van der Waals surface area contributed by atoms with E-state index in [1.54, 1.807) is 37.6 Å². The number of ether oxygens (including phenoxy) is 2. The Kier molecular flexibility index (Phi) is 7.61. The van der Waals surface area contributed by atoms with Gasteiger partial charge in [0.05, 0.1) is 14.2 Å². The van der Waals surface area contributed by atoms with Crippen LogP contribution in [0.15, 0.2) is 42.7 Å². The second kappa shape index (κ2) is 10.2. The minimum Gasteiger partial charge on any atom is -0.493 e. The summed E-state index contributed by atoms with van der Waals surface area (Å²) in [5, 5.41) is 2.86. The molecule has 0 aliphatic heterocycles. The monoisotopic (exact) mass is 371 g/mol. The van der Waals surface area contributed by atoms with Gasteiger partial charge < -0.3 is 19.7 Å². The molecule has 0 fully saturated rings.